The van der Waals surface area contributed by atoms with E-state index in [1.165, 1.54) is 0 Å². The first-order valence-electron chi connectivity index (χ1n) is 19.6. The Morgan fingerprint density at radius 3 is 1.82 bits per heavy atom. The third kappa shape index (κ3) is 7.49. The van der Waals surface area contributed by atoms with Gasteiger partial charge in [-0.25, -0.2) is 4.98 Å². The first-order chi connectivity index (χ1) is 27.0. The summed E-state index contributed by atoms with van der Waals surface area (Å²) in [5.41, 5.74) is 7.34. The number of ether oxygens (including phenoxy) is 2. The predicted octanol–water partition coefficient (Wildman–Crippen LogP) is 7.69. The van der Waals surface area contributed by atoms with E-state index in [0.717, 1.165) is 136 Å². The summed E-state index contributed by atoms with van der Waals surface area (Å²) < 4.78 is 11.7. The van der Waals surface area contributed by atoms with Gasteiger partial charge in [0.05, 0.1) is 35.7 Å². The van der Waals surface area contributed by atoms with Crippen molar-refractivity contribution in [3.05, 3.63) is 82.0 Å². The van der Waals surface area contributed by atoms with Crippen LogP contribution in [0.3, 0.4) is 0 Å². The zero-order valence-corrected chi connectivity index (χ0v) is 34.3. The first kappa shape index (κ1) is 38.6. The van der Waals surface area contributed by atoms with E-state index in [1.807, 2.05) is 46.2 Å². The molecule has 0 unspecified atom stereocenters. The normalized spacial score (nSPS) is 19.1. The van der Waals surface area contributed by atoms with E-state index in [4.69, 9.17) is 42.6 Å². The Morgan fingerprint density at radius 2 is 1.25 bits per heavy atom. The van der Waals surface area contributed by atoms with Crippen LogP contribution in [0, 0.1) is 10.8 Å². The second-order valence-electron chi connectivity index (χ2n) is 16.4. The summed E-state index contributed by atoms with van der Waals surface area (Å²) >= 11 is 14.4. The molecule has 0 aliphatic carbocycles. The number of nitrogens with zero attached hydrogens (tertiary/aromatic N) is 6. The van der Waals surface area contributed by atoms with Gasteiger partial charge in [0.2, 0.25) is 17.7 Å². The van der Waals surface area contributed by atoms with Crippen molar-refractivity contribution < 1.29 is 19.1 Å². The quantitative estimate of drug-likeness (QED) is 0.170. The summed E-state index contributed by atoms with van der Waals surface area (Å²) in [4.78, 5) is 42.1. The van der Waals surface area contributed by atoms with Gasteiger partial charge < -0.3 is 19.3 Å². The van der Waals surface area contributed by atoms with Crippen molar-refractivity contribution in [1.29, 1.82) is 0 Å². The molecule has 4 aromatic rings. The molecule has 0 atom stereocenters. The van der Waals surface area contributed by atoms with Crippen LogP contribution in [-0.2, 0) is 22.7 Å². The molecule has 4 aliphatic heterocycles. The maximum absolute atomic E-state index is 11.8. The Balaban J connectivity index is 0.959. The number of carbonyl (C=O) groups excluding carboxylic acids is 2. The molecule has 0 radical (unpaired) electrons. The molecule has 12 heteroatoms. The lowest BCUT2D eigenvalue weighted by Crippen LogP contribution is -2.60. The van der Waals surface area contributed by atoms with Crippen molar-refractivity contribution in [1.82, 2.24) is 29.6 Å². The number of likely N-dealkylation sites (tertiary alicyclic amines) is 4. The highest BCUT2D eigenvalue weighted by atomic mass is 35.5. The number of carbonyl (C=O) groups is 2. The molecular formula is C44H50Cl2N6O4. The number of pyridine rings is 2. The van der Waals surface area contributed by atoms with Crippen LogP contribution in [-0.4, -0.2) is 108 Å². The summed E-state index contributed by atoms with van der Waals surface area (Å²) in [5.74, 6) is 1.73. The van der Waals surface area contributed by atoms with Gasteiger partial charge in [0.25, 0.3) is 0 Å². The van der Waals surface area contributed by atoms with E-state index in [-0.39, 0.29) is 11.8 Å². The molecule has 8 rings (SSSR count). The van der Waals surface area contributed by atoms with Crippen molar-refractivity contribution in [2.24, 2.45) is 10.8 Å². The van der Waals surface area contributed by atoms with Crippen molar-refractivity contribution in [2.75, 3.05) is 66.6 Å². The lowest BCUT2D eigenvalue weighted by atomic mass is 9.72. The number of methoxy groups -OCH3 is 2. The minimum atomic E-state index is 0.172. The summed E-state index contributed by atoms with van der Waals surface area (Å²) in [6.07, 6.45) is 6.00. The van der Waals surface area contributed by atoms with Crippen LogP contribution in [0.25, 0.3) is 33.6 Å². The van der Waals surface area contributed by atoms with E-state index < -0.39 is 0 Å². The summed E-state index contributed by atoms with van der Waals surface area (Å²) in [6.45, 7) is 12.4. The first-order valence-corrected chi connectivity index (χ1v) is 20.4. The molecule has 2 aromatic carbocycles. The SMILES string of the molecule is COc1cc(-c2nccc(-c3cccc(-c4ccc(CN5CC6(CCN(C(C)=O)CC6)C5)c(OC)n4)c3Cl)c2Cl)ccc1CN1CC2(CCN(C(C)=O)CC2)C1. The van der Waals surface area contributed by atoms with Gasteiger partial charge >= 0.3 is 0 Å². The standard InChI is InChI=1S/C44H50Cl2N6O4/c1-29(53)51-18-13-43(14-19-51)25-49(26-43)23-32-9-8-31(22-38(32)55-3)41-40(46)35(12-17-47-41)34-6-5-7-36(39(34)45)37-11-10-33(42(48-37)56-4)24-50-27-44(28-50)15-20-52(21-16-44)30(2)54/h5-12,17,22H,13-16,18-21,23-28H2,1-4H3. The van der Waals surface area contributed by atoms with Crippen LogP contribution in [0.5, 0.6) is 11.6 Å². The molecule has 4 aliphatic rings. The number of benzene rings is 2. The van der Waals surface area contributed by atoms with Gasteiger partial charge in [0.1, 0.15) is 5.75 Å². The molecule has 56 heavy (non-hydrogen) atoms. The maximum Gasteiger partial charge on any atom is 0.219 e. The summed E-state index contributed by atoms with van der Waals surface area (Å²) in [6, 6.07) is 18.1. The van der Waals surface area contributed by atoms with E-state index in [1.54, 1.807) is 34.3 Å². The van der Waals surface area contributed by atoms with Crippen molar-refractivity contribution in [3.8, 4) is 45.3 Å². The molecule has 294 valence electrons. The fourth-order valence-electron chi connectivity index (χ4n) is 9.46. The molecule has 4 saturated heterocycles. The Labute approximate surface area is 339 Å². The molecule has 4 fully saturated rings. The Hall–Kier alpha value is -4.22. The molecule has 2 aromatic heterocycles. The van der Waals surface area contributed by atoms with Gasteiger partial charge in [-0.3, -0.25) is 24.4 Å². The largest absolute Gasteiger partial charge is 0.496 e. The van der Waals surface area contributed by atoms with E-state index in [9.17, 15) is 9.59 Å². The highest BCUT2D eigenvalue weighted by Gasteiger charge is 2.46. The number of piperidine rings is 2. The second kappa shape index (κ2) is 15.6. The molecule has 2 spiro atoms. The Kier molecular flexibility index (Phi) is 10.8. The minimum Gasteiger partial charge on any atom is -0.496 e. The zero-order valence-electron chi connectivity index (χ0n) is 32.7. The number of hydrogen-bond acceptors (Lipinski definition) is 8. The van der Waals surface area contributed by atoms with Crippen LogP contribution in [0.4, 0.5) is 0 Å². The maximum atomic E-state index is 11.8. The molecule has 10 nitrogen and oxygen atoms in total. The van der Waals surface area contributed by atoms with Gasteiger partial charge in [-0.15, -0.1) is 0 Å². The van der Waals surface area contributed by atoms with E-state index in [0.29, 0.717) is 32.4 Å². The van der Waals surface area contributed by atoms with Gasteiger partial charge in [-0.2, -0.15) is 0 Å². The van der Waals surface area contributed by atoms with Gasteiger partial charge in [-0.1, -0.05) is 59.6 Å². The van der Waals surface area contributed by atoms with Crippen LogP contribution in [0.2, 0.25) is 10.0 Å². The topological polar surface area (TPSA) is 91.3 Å². The number of amides is 2. The predicted molar refractivity (Wildman–Crippen MR) is 220 cm³/mol. The lowest BCUT2D eigenvalue weighted by molar-refractivity contribution is -0.135. The lowest BCUT2D eigenvalue weighted by Gasteiger charge is -2.54. The second-order valence-corrected chi connectivity index (χ2v) is 17.1. The zero-order chi connectivity index (χ0) is 39.2. The van der Waals surface area contributed by atoms with Crippen molar-refractivity contribution >= 4 is 35.0 Å². The van der Waals surface area contributed by atoms with Crippen LogP contribution in [0.1, 0.15) is 50.7 Å². The van der Waals surface area contributed by atoms with Gasteiger partial charge in [-0.05, 0) is 54.7 Å². The highest BCUT2D eigenvalue weighted by molar-refractivity contribution is 6.39. The number of rotatable bonds is 9. The third-order valence-electron chi connectivity index (χ3n) is 12.7. The van der Waals surface area contributed by atoms with E-state index >= 15 is 0 Å². The Bertz CT molecular complexity index is 1980. The van der Waals surface area contributed by atoms with E-state index in [2.05, 4.69) is 28.0 Å². The van der Waals surface area contributed by atoms with Crippen molar-refractivity contribution in [3.63, 3.8) is 0 Å². The number of hydrogen-bond donors (Lipinski definition) is 0. The smallest absolute Gasteiger partial charge is 0.219 e. The van der Waals surface area contributed by atoms with Crippen LogP contribution in [0.15, 0.2) is 60.8 Å². The molecule has 2 amide bonds. The number of aromatic nitrogens is 2. The third-order valence-corrected chi connectivity index (χ3v) is 13.5. The van der Waals surface area contributed by atoms with Crippen molar-refractivity contribution in [2.45, 2.75) is 52.6 Å². The van der Waals surface area contributed by atoms with Crippen LogP contribution < -0.4 is 9.47 Å². The van der Waals surface area contributed by atoms with Crippen LogP contribution >= 0.6 is 23.2 Å². The summed E-state index contributed by atoms with van der Waals surface area (Å²) in [7, 11) is 3.36. The monoisotopic (exact) mass is 796 g/mol. The molecule has 6 heterocycles. The molecular weight excluding hydrogens is 747 g/mol. The molecule has 0 N–H and O–H groups in total. The van der Waals surface area contributed by atoms with Gasteiger partial charge in [0.15, 0.2) is 0 Å². The average molecular weight is 798 g/mol. The fraction of sp³-hybridized carbons (Fsp3) is 0.455. The Morgan fingerprint density at radius 1 is 0.696 bits per heavy atom. The minimum absolute atomic E-state index is 0.172. The average Bonchev–Trinajstić information content (AvgIpc) is 3.17. The summed E-state index contributed by atoms with van der Waals surface area (Å²) in [5, 5.41) is 1.05. The molecule has 0 bridgehead atoms. The molecule has 0 saturated carbocycles. The van der Waals surface area contributed by atoms with Gasteiger partial charge in [0, 0.05) is 119 Å². The fourth-order valence-corrected chi connectivity index (χ4v) is 10.1. The highest BCUT2D eigenvalue weighted by Crippen LogP contribution is 2.45. The number of halogens is 2.